The van der Waals surface area contributed by atoms with Crippen molar-refractivity contribution in [1.29, 1.82) is 0 Å². The topological polar surface area (TPSA) is 41.6 Å². The summed E-state index contributed by atoms with van der Waals surface area (Å²) in [5, 5.41) is 7.89. The van der Waals surface area contributed by atoms with E-state index in [9.17, 15) is 0 Å². The maximum atomic E-state index is 4.13. The standard InChI is InChI=1S/C8H9N3.H2/c1-2-6-3-4-9-8-7(6)5-10-11-8;/h3-5H,2H2,1H3,(H,9,10,11);1H. The third kappa shape index (κ3) is 0.888. The Morgan fingerprint density at radius 1 is 1.64 bits per heavy atom. The zero-order valence-corrected chi connectivity index (χ0v) is 6.33. The first-order valence-corrected chi connectivity index (χ1v) is 3.68. The molecule has 11 heavy (non-hydrogen) atoms. The minimum Gasteiger partial charge on any atom is -0.261 e. The highest BCUT2D eigenvalue weighted by atomic mass is 15.1. The van der Waals surface area contributed by atoms with E-state index < -0.39 is 0 Å². The molecule has 2 aromatic heterocycles. The second-order valence-corrected chi connectivity index (χ2v) is 2.46. The Morgan fingerprint density at radius 2 is 2.55 bits per heavy atom. The fourth-order valence-corrected chi connectivity index (χ4v) is 1.21. The Kier molecular flexibility index (Phi) is 1.35. The van der Waals surface area contributed by atoms with Gasteiger partial charge in [0.2, 0.25) is 0 Å². The van der Waals surface area contributed by atoms with Crippen molar-refractivity contribution >= 4 is 11.0 Å². The molecule has 0 aromatic carbocycles. The summed E-state index contributed by atoms with van der Waals surface area (Å²) in [5.74, 6) is 0. The number of hydrogen-bond acceptors (Lipinski definition) is 2. The van der Waals surface area contributed by atoms with Gasteiger partial charge < -0.3 is 0 Å². The molecule has 0 unspecified atom stereocenters. The van der Waals surface area contributed by atoms with Crippen LogP contribution in [-0.4, -0.2) is 15.2 Å². The van der Waals surface area contributed by atoms with Gasteiger partial charge in [0.25, 0.3) is 0 Å². The number of rotatable bonds is 1. The summed E-state index contributed by atoms with van der Waals surface area (Å²) in [6.07, 6.45) is 4.65. The maximum absolute atomic E-state index is 4.13. The van der Waals surface area contributed by atoms with Crippen molar-refractivity contribution in [3.05, 3.63) is 24.0 Å². The predicted molar refractivity (Wildman–Crippen MR) is 45.4 cm³/mol. The Bertz CT molecular complexity index is 369. The number of nitrogens with one attached hydrogen (secondary N) is 1. The van der Waals surface area contributed by atoms with Crippen molar-refractivity contribution < 1.29 is 1.43 Å². The minimum atomic E-state index is 0. The van der Waals surface area contributed by atoms with Gasteiger partial charge in [0.1, 0.15) is 0 Å². The molecule has 2 rings (SSSR count). The van der Waals surface area contributed by atoms with E-state index in [1.807, 2.05) is 12.3 Å². The minimum absolute atomic E-state index is 0. The maximum Gasteiger partial charge on any atom is 0.155 e. The molecule has 3 nitrogen and oxygen atoms in total. The number of fused-ring (bicyclic) bond motifs is 1. The summed E-state index contributed by atoms with van der Waals surface area (Å²) in [6, 6.07) is 2.03. The van der Waals surface area contributed by atoms with E-state index in [1.54, 1.807) is 6.20 Å². The van der Waals surface area contributed by atoms with Crippen molar-refractivity contribution in [3.8, 4) is 0 Å². The second kappa shape index (κ2) is 2.34. The van der Waals surface area contributed by atoms with Gasteiger partial charge in [0, 0.05) is 13.0 Å². The number of aromatic nitrogens is 3. The molecule has 58 valence electrons. The first-order valence-electron chi connectivity index (χ1n) is 3.68. The third-order valence-corrected chi connectivity index (χ3v) is 1.83. The van der Waals surface area contributed by atoms with Crippen LogP contribution in [0.2, 0.25) is 0 Å². The molecule has 0 saturated heterocycles. The van der Waals surface area contributed by atoms with Gasteiger partial charge in [0.15, 0.2) is 5.65 Å². The largest absolute Gasteiger partial charge is 0.261 e. The lowest BCUT2D eigenvalue weighted by Crippen LogP contribution is -1.82. The lowest BCUT2D eigenvalue weighted by Gasteiger charge is -1.94. The van der Waals surface area contributed by atoms with E-state index in [0.29, 0.717) is 0 Å². The molecule has 0 radical (unpaired) electrons. The Morgan fingerprint density at radius 3 is 3.36 bits per heavy atom. The molecule has 0 saturated carbocycles. The zero-order chi connectivity index (χ0) is 7.68. The van der Waals surface area contributed by atoms with E-state index in [2.05, 4.69) is 22.1 Å². The summed E-state index contributed by atoms with van der Waals surface area (Å²) in [6.45, 7) is 2.13. The highest BCUT2D eigenvalue weighted by Gasteiger charge is 1.99. The van der Waals surface area contributed by atoms with Crippen molar-refractivity contribution in [2.24, 2.45) is 0 Å². The van der Waals surface area contributed by atoms with Crippen molar-refractivity contribution in [3.63, 3.8) is 0 Å². The van der Waals surface area contributed by atoms with Crippen LogP contribution in [0, 0.1) is 0 Å². The van der Waals surface area contributed by atoms with E-state index in [4.69, 9.17) is 0 Å². The molecular weight excluding hydrogens is 138 g/mol. The zero-order valence-electron chi connectivity index (χ0n) is 6.33. The van der Waals surface area contributed by atoms with E-state index in [0.717, 1.165) is 17.5 Å². The fourth-order valence-electron chi connectivity index (χ4n) is 1.21. The number of nitrogens with zero attached hydrogens (tertiary/aromatic N) is 2. The normalized spacial score (nSPS) is 10.6. The average molecular weight is 149 g/mol. The van der Waals surface area contributed by atoms with Gasteiger partial charge in [-0.05, 0) is 18.1 Å². The van der Waals surface area contributed by atoms with Crippen molar-refractivity contribution in [1.82, 2.24) is 15.2 Å². The first-order chi connectivity index (χ1) is 5.42. The highest BCUT2D eigenvalue weighted by Crippen LogP contribution is 2.13. The molecule has 0 bridgehead atoms. The van der Waals surface area contributed by atoms with E-state index >= 15 is 0 Å². The molecule has 0 atom stereocenters. The Hall–Kier alpha value is -1.38. The second-order valence-electron chi connectivity index (χ2n) is 2.46. The van der Waals surface area contributed by atoms with Crippen LogP contribution < -0.4 is 0 Å². The van der Waals surface area contributed by atoms with Crippen LogP contribution in [0.4, 0.5) is 0 Å². The monoisotopic (exact) mass is 149 g/mol. The first kappa shape index (κ1) is 6.34. The van der Waals surface area contributed by atoms with Crippen molar-refractivity contribution in [2.45, 2.75) is 13.3 Å². The van der Waals surface area contributed by atoms with E-state index in [-0.39, 0.29) is 1.43 Å². The van der Waals surface area contributed by atoms with E-state index in [1.165, 1.54) is 5.56 Å². The van der Waals surface area contributed by atoms with Gasteiger partial charge in [-0.1, -0.05) is 6.92 Å². The molecule has 1 N–H and O–H groups in total. The molecule has 0 aliphatic rings. The van der Waals surface area contributed by atoms with Gasteiger partial charge in [0.05, 0.1) is 6.20 Å². The molecular formula is C8H11N3. The average Bonchev–Trinajstić information content (AvgIpc) is 2.50. The quantitative estimate of drug-likeness (QED) is 0.671. The number of hydrogen-bond donors (Lipinski definition) is 1. The number of H-pyrrole nitrogens is 1. The van der Waals surface area contributed by atoms with Gasteiger partial charge in [-0.25, -0.2) is 4.98 Å². The van der Waals surface area contributed by atoms with Gasteiger partial charge in [-0.2, -0.15) is 5.10 Å². The van der Waals surface area contributed by atoms with Gasteiger partial charge in [-0.15, -0.1) is 0 Å². The predicted octanol–water partition coefficient (Wildman–Crippen LogP) is 1.77. The summed E-state index contributed by atoms with van der Waals surface area (Å²) < 4.78 is 0. The van der Waals surface area contributed by atoms with Gasteiger partial charge in [-0.3, -0.25) is 5.10 Å². The molecule has 2 heterocycles. The lowest BCUT2D eigenvalue weighted by atomic mass is 10.1. The number of aryl methyl sites for hydroxylation is 1. The molecule has 0 amide bonds. The van der Waals surface area contributed by atoms with Crippen LogP contribution in [0.3, 0.4) is 0 Å². The Labute approximate surface area is 65.9 Å². The molecule has 2 aromatic rings. The number of aromatic amines is 1. The van der Waals surface area contributed by atoms with Crippen LogP contribution in [0.5, 0.6) is 0 Å². The fraction of sp³-hybridized carbons (Fsp3) is 0.250. The Balaban J connectivity index is 0.000000720. The smallest absolute Gasteiger partial charge is 0.155 e. The van der Waals surface area contributed by atoms with Crippen LogP contribution in [-0.2, 0) is 6.42 Å². The summed E-state index contributed by atoms with van der Waals surface area (Å²) in [7, 11) is 0. The summed E-state index contributed by atoms with van der Waals surface area (Å²) >= 11 is 0. The van der Waals surface area contributed by atoms with Crippen LogP contribution in [0.25, 0.3) is 11.0 Å². The lowest BCUT2D eigenvalue weighted by molar-refractivity contribution is 1.10. The van der Waals surface area contributed by atoms with Crippen molar-refractivity contribution in [2.75, 3.05) is 0 Å². The molecule has 0 spiro atoms. The van der Waals surface area contributed by atoms with Crippen LogP contribution in [0.1, 0.15) is 13.9 Å². The molecule has 0 fully saturated rings. The summed E-state index contributed by atoms with van der Waals surface area (Å²) in [5.41, 5.74) is 2.17. The molecule has 3 heteroatoms. The highest BCUT2D eigenvalue weighted by molar-refractivity contribution is 5.77. The molecule has 0 aliphatic heterocycles. The van der Waals surface area contributed by atoms with Crippen LogP contribution in [0.15, 0.2) is 18.5 Å². The third-order valence-electron chi connectivity index (χ3n) is 1.83. The van der Waals surface area contributed by atoms with Gasteiger partial charge >= 0.3 is 0 Å². The molecule has 0 aliphatic carbocycles. The summed E-state index contributed by atoms with van der Waals surface area (Å²) in [4.78, 5) is 4.13. The number of pyridine rings is 1. The SMILES string of the molecule is CCc1ccnc2[nH]ncc12.[HH]. The van der Waals surface area contributed by atoms with Crippen LogP contribution >= 0.6 is 0 Å².